The van der Waals surface area contributed by atoms with Gasteiger partial charge < -0.3 is 9.84 Å². The zero-order valence-electron chi connectivity index (χ0n) is 13.7. The molecule has 5 atom stereocenters. The van der Waals surface area contributed by atoms with Crippen LogP contribution < -0.4 is 0 Å². The minimum absolute atomic E-state index is 0.0515. The van der Waals surface area contributed by atoms with Crippen LogP contribution in [0.5, 0.6) is 0 Å². The number of allylic oxidation sites excluding steroid dienone is 1. The predicted octanol–water partition coefficient (Wildman–Crippen LogP) is 4.18. The lowest BCUT2D eigenvalue weighted by Gasteiger charge is -2.55. The molecule has 2 heteroatoms. The first-order chi connectivity index (χ1) is 9.56. The summed E-state index contributed by atoms with van der Waals surface area (Å²) in [5.41, 5.74) is 1.43. The molecular weight excluding hydrogens is 248 g/mol. The lowest BCUT2D eigenvalue weighted by Crippen LogP contribution is -2.56. The van der Waals surface area contributed by atoms with E-state index in [1.807, 2.05) is 0 Å². The number of rotatable bonds is 6. The van der Waals surface area contributed by atoms with Crippen molar-refractivity contribution in [2.45, 2.75) is 65.9 Å². The molecule has 0 radical (unpaired) electrons. The van der Waals surface area contributed by atoms with Crippen molar-refractivity contribution in [2.75, 3.05) is 13.2 Å². The fourth-order valence-corrected chi connectivity index (χ4v) is 4.45. The number of hydrogen-bond donors (Lipinski definition) is 1. The fraction of sp³-hybridized carbons (Fsp3) is 0.889. The van der Waals surface area contributed by atoms with Gasteiger partial charge in [0.25, 0.3) is 0 Å². The van der Waals surface area contributed by atoms with E-state index in [0.29, 0.717) is 23.9 Å². The Hall–Kier alpha value is -0.340. The van der Waals surface area contributed by atoms with Crippen molar-refractivity contribution in [2.24, 2.45) is 23.2 Å². The van der Waals surface area contributed by atoms with Gasteiger partial charge in [0, 0.05) is 11.3 Å². The van der Waals surface area contributed by atoms with E-state index in [2.05, 4.69) is 33.8 Å². The van der Waals surface area contributed by atoms with Gasteiger partial charge in [0.2, 0.25) is 0 Å². The van der Waals surface area contributed by atoms with Gasteiger partial charge >= 0.3 is 0 Å². The summed E-state index contributed by atoms with van der Waals surface area (Å²) in [6, 6.07) is 0. The van der Waals surface area contributed by atoms with Gasteiger partial charge in [-0.2, -0.15) is 0 Å². The van der Waals surface area contributed by atoms with Crippen molar-refractivity contribution in [3.05, 3.63) is 11.6 Å². The van der Waals surface area contributed by atoms with Crippen LogP contribution in [0.15, 0.2) is 11.6 Å². The normalized spacial score (nSPS) is 40.5. The third kappa shape index (κ3) is 2.69. The highest BCUT2D eigenvalue weighted by atomic mass is 16.5. The Morgan fingerprint density at radius 3 is 2.70 bits per heavy atom. The monoisotopic (exact) mass is 280 g/mol. The predicted molar refractivity (Wildman–Crippen MR) is 83.6 cm³/mol. The molecule has 3 unspecified atom stereocenters. The van der Waals surface area contributed by atoms with Gasteiger partial charge in [-0.3, -0.25) is 0 Å². The van der Waals surface area contributed by atoms with Gasteiger partial charge in [-0.25, -0.2) is 0 Å². The molecule has 0 aromatic rings. The molecule has 0 amide bonds. The Kier molecular flexibility index (Phi) is 5.30. The van der Waals surface area contributed by atoms with Crippen molar-refractivity contribution in [1.29, 1.82) is 0 Å². The Balaban J connectivity index is 2.08. The molecule has 20 heavy (non-hydrogen) atoms. The van der Waals surface area contributed by atoms with Crippen LogP contribution in [0.25, 0.3) is 0 Å². The first kappa shape index (κ1) is 16.0. The van der Waals surface area contributed by atoms with Gasteiger partial charge in [-0.05, 0) is 25.2 Å². The number of hydrogen-bond acceptors (Lipinski definition) is 2. The molecule has 0 saturated carbocycles. The maximum atomic E-state index is 9.94. The summed E-state index contributed by atoms with van der Waals surface area (Å²) in [7, 11) is 0. The molecule has 0 aromatic carbocycles. The molecule has 2 aliphatic rings. The van der Waals surface area contributed by atoms with Crippen LogP contribution in [0, 0.1) is 23.2 Å². The molecule has 1 N–H and O–H groups in total. The molecule has 1 saturated heterocycles. The van der Waals surface area contributed by atoms with Crippen LogP contribution in [0.1, 0.15) is 59.8 Å². The summed E-state index contributed by atoms with van der Waals surface area (Å²) in [5, 5.41) is 9.94. The highest BCUT2D eigenvalue weighted by Crippen LogP contribution is 2.52. The second-order valence-electron chi connectivity index (χ2n) is 7.10. The van der Waals surface area contributed by atoms with Crippen molar-refractivity contribution in [3.8, 4) is 0 Å². The quantitative estimate of drug-likeness (QED) is 0.584. The van der Waals surface area contributed by atoms with Crippen molar-refractivity contribution >= 4 is 0 Å². The summed E-state index contributed by atoms with van der Waals surface area (Å²) in [5.74, 6) is 1.45. The lowest BCUT2D eigenvalue weighted by atomic mass is 9.56. The number of ether oxygens (including phenoxy) is 1. The molecule has 1 aliphatic heterocycles. The Morgan fingerprint density at radius 1 is 1.30 bits per heavy atom. The van der Waals surface area contributed by atoms with E-state index < -0.39 is 0 Å². The number of aliphatic hydroxyl groups is 1. The molecule has 116 valence electrons. The highest BCUT2D eigenvalue weighted by Gasteiger charge is 2.52. The van der Waals surface area contributed by atoms with E-state index in [4.69, 9.17) is 4.74 Å². The summed E-state index contributed by atoms with van der Waals surface area (Å²) >= 11 is 0. The van der Waals surface area contributed by atoms with Gasteiger partial charge in [-0.1, -0.05) is 58.1 Å². The van der Waals surface area contributed by atoms with Crippen molar-refractivity contribution < 1.29 is 9.84 Å². The fourth-order valence-electron chi connectivity index (χ4n) is 4.45. The number of unbranched alkanes of at least 4 members (excludes halogenated alkanes) is 3. The molecule has 1 fully saturated rings. The zero-order chi connectivity index (χ0) is 14.8. The van der Waals surface area contributed by atoms with Crippen molar-refractivity contribution in [1.82, 2.24) is 0 Å². The molecule has 1 aliphatic carbocycles. The van der Waals surface area contributed by atoms with Gasteiger partial charge in [0.1, 0.15) is 0 Å². The summed E-state index contributed by atoms with van der Waals surface area (Å²) in [4.78, 5) is 0. The van der Waals surface area contributed by atoms with Gasteiger partial charge in [0.05, 0.1) is 19.3 Å². The summed E-state index contributed by atoms with van der Waals surface area (Å²) in [6.07, 6.45) is 9.15. The lowest BCUT2D eigenvalue weighted by molar-refractivity contribution is -0.164. The highest BCUT2D eigenvalue weighted by molar-refractivity contribution is 5.20. The minimum atomic E-state index is -0.0515. The van der Waals surface area contributed by atoms with Crippen LogP contribution in [0.2, 0.25) is 0 Å². The van der Waals surface area contributed by atoms with E-state index >= 15 is 0 Å². The third-order valence-corrected chi connectivity index (χ3v) is 5.99. The van der Waals surface area contributed by atoms with E-state index in [1.165, 1.54) is 37.7 Å². The maximum absolute atomic E-state index is 9.94. The number of fused-ring (bicyclic) bond motifs is 2. The molecule has 2 nitrogen and oxygen atoms in total. The SMILES string of the molecule is CCCCCCC1OC[C@]2(CO)C(C)C=C(C)[C@H]1C2C. The summed E-state index contributed by atoms with van der Waals surface area (Å²) in [6.45, 7) is 10.0. The largest absolute Gasteiger partial charge is 0.396 e. The number of aliphatic hydroxyl groups excluding tert-OH is 1. The minimum Gasteiger partial charge on any atom is -0.396 e. The second-order valence-corrected chi connectivity index (χ2v) is 7.10. The third-order valence-electron chi connectivity index (χ3n) is 5.99. The topological polar surface area (TPSA) is 29.5 Å². The van der Waals surface area contributed by atoms with Crippen LogP contribution in [0.3, 0.4) is 0 Å². The smallest absolute Gasteiger partial charge is 0.0643 e. The zero-order valence-corrected chi connectivity index (χ0v) is 13.7. The average molecular weight is 280 g/mol. The Morgan fingerprint density at radius 2 is 2.05 bits per heavy atom. The summed E-state index contributed by atoms with van der Waals surface area (Å²) < 4.78 is 6.23. The Bertz CT molecular complexity index is 349. The molecule has 2 rings (SSSR count). The maximum Gasteiger partial charge on any atom is 0.0643 e. The van der Waals surface area contributed by atoms with E-state index in [0.717, 1.165) is 6.61 Å². The van der Waals surface area contributed by atoms with Crippen LogP contribution in [-0.2, 0) is 4.74 Å². The van der Waals surface area contributed by atoms with Crippen LogP contribution in [-0.4, -0.2) is 24.4 Å². The standard InChI is InChI=1S/C18H32O2/c1-5-6-7-8-9-16-17-13(2)10-14(3)18(11-19,12-20-16)15(17)4/h10,14-17,19H,5-9,11-12H2,1-4H3/t14?,15?,16?,17-,18+/m0/s1. The Labute approximate surface area is 124 Å². The van der Waals surface area contributed by atoms with Gasteiger partial charge in [-0.15, -0.1) is 0 Å². The first-order valence-electron chi connectivity index (χ1n) is 8.47. The second kappa shape index (κ2) is 6.62. The average Bonchev–Trinajstić information content (AvgIpc) is 2.42. The van der Waals surface area contributed by atoms with E-state index in [-0.39, 0.29) is 12.0 Å². The van der Waals surface area contributed by atoms with Crippen LogP contribution in [0.4, 0.5) is 0 Å². The molecule has 0 spiro atoms. The molecular formula is C18H32O2. The molecule has 0 aromatic heterocycles. The van der Waals surface area contributed by atoms with Gasteiger partial charge in [0.15, 0.2) is 0 Å². The van der Waals surface area contributed by atoms with E-state index in [1.54, 1.807) is 0 Å². The van der Waals surface area contributed by atoms with E-state index in [9.17, 15) is 5.11 Å². The van der Waals surface area contributed by atoms with Crippen molar-refractivity contribution in [3.63, 3.8) is 0 Å². The van der Waals surface area contributed by atoms with Crippen LogP contribution >= 0.6 is 0 Å². The first-order valence-corrected chi connectivity index (χ1v) is 8.47. The molecule has 2 bridgehead atoms. The molecule has 1 heterocycles.